The van der Waals surface area contributed by atoms with E-state index in [0.717, 1.165) is 0 Å². The molecular formula is C21H20ClN5O2S. The Kier molecular flexibility index (Phi) is 6.06. The number of esters is 1. The maximum Gasteiger partial charge on any atom is 0.316 e. The number of rotatable bonds is 4. The average molecular weight is 442 g/mol. The van der Waals surface area contributed by atoms with Crippen LogP contribution in [0.25, 0.3) is 22.0 Å². The Balaban J connectivity index is 2.20. The van der Waals surface area contributed by atoms with Gasteiger partial charge < -0.3 is 4.74 Å². The number of carbonyl (C=O) groups excluding carboxylic acids is 1. The largest absolute Gasteiger partial charge is 0.424 e. The molecule has 30 heavy (non-hydrogen) atoms. The minimum absolute atomic E-state index is 0.0471. The van der Waals surface area contributed by atoms with Gasteiger partial charge in [0.2, 0.25) is 0 Å². The van der Waals surface area contributed by atoms with Crippen molar-refractivity contribution in [3.05, 3.63) is 51.9 Å². The smallest absolute Gasteiger partial charge is 0.316 e. The quantitative estimate of drug-likeness (QED) is 0.325. The monoisotopic (exact) mass is 441 g/mol. The summed E-state index contributed by atoms with van der Waals surface area (Å²) in [7, 11) is 1.68. The van der Waals surface area contributed by atoms with Crippen LogP contribution in [0.15, 0.2) is 29.8 Å². The summed E-state index contributed by atoms with van der Waals surface area (Å²) < 4.78 is 7.19. The molecule has 0 aliphatic rings. The minimum Gasteiger partial charge on any atom is -0.424 e. The van der Waals surface area contributed by atoms with E-state index in [1.807, 2.05) is 18.2 Å². The van der Waals surface area contributed by atoms with Gasteiger partial charge in [0.15, 0.2) is 5.76 Å². The summed E-state index contributed by atoms with van der Waals surface area (Å²) in [5.74, 6) is -0.448. The van der Waals surface area contributed by atoms with E-state index in [1.54, 1.807) is 46.3 Å². The molecular weight excluding hydrogens is 422 g/mol. The van der Waals surface area contributed by atoms with Crippen molar-refractivity contribution < 1.29 is 9.53 Å². The lowest BCUT2D eigenvalue weighted by Crippen LogP contribution is -2.23. The number of pyridine rings is 1. The first kappa shape index (κ1) is 21.7. The van der Waals surface area contributed by atoms with E-state index in [-0.39, 0.29) is 16.5 Å². The van der Waals surface area contributed by atoms with Crippen LogP contribution in [0.5, 0.6) is 0 Å². The summed E-state index contributed by atoms with van der Waals surface area (Å²) >= 11 is 7.78. The highest BCUT2D eigenvalue weighted by Crippen LogP contribution is 2.36. The number of ether oxygens (including phenoxy) is 1. The van der Waals surface area contributed by atoms with Crippen molar-refractivity contribution in [3.63, 3.8) is 0 Å². The van der Waals surface area contributed by atoms with E-state index in [9.17, 15) is 10.1 Å². The Morgan fingerprint density at radius 3 is 2.60 bits per heavy atom. The number of nitriles is 1. The second-order valence-electron chi connectivity index (χ2n) is 7.58. The molecule has 0 saturated heterocycles. The van der Waals surface area contributed by atoms with Crippen LogP contribution in [-0.4, -0.2) is 25.7 Å². The topological polar surface area (TPSA) is 93.7 Å². The van der Waals surface area contributed by atoms with Crippen LogP contribution < -0.4 is 0 Å². The molecule has 3 aromatic rings. The van der Waals surface area contributed by atoms with Gasteiger partial charge in [-0.15, -0.1) is 11.3 Å². The highest BCUT2D eigenvalue weighted by molar-refractivity contribution is 7.13. The molecule has 0 amide bonds. The number of aromatic nitrogens is 4. The van der Waals surface area contributed by atoms with Crippen LogP contribution in [0.2, 0.25) is 5.15 Å². The third kappa shape index (κ3) is 4.27. The fraction of sp³-hybridized carbons (Fsp3) is 0.286. The van der Waals surface area contributed by atoms with Gasteiger partial charge in [-0.2, -0.15) is 10.4 Å². The lowest BCUT2D eigenvalue weighted by Gasteiger charge is -2.19. The van der Waals surface area contributed by atoms with Crippen LogP contribution in [0.4, 0.5) is 0 Å². The lowest BCUT2D eigenvalue weighted by atomic mass is 9.97. The van der Waals surface area contributed by atoms with Crippen molar-refractivity contribution in [2.45, 2.75) is 27.7 Å². The molecule has 3 aromatic heterocycles. The fourth-order valence-electron chi connectivity index (χ4n) is 2.58. The van der Waals surface area contributed by atoms with Crippen molar-refractivity contribution in [2.75, 3.05) is 0 Å². The van der Waals surface area contributed by atoms with Crippen molar-refractivity contribution in [1.29, 1.82) is 5.26 Å². The fourth-order valence-corrected chi connectivity index (χ4v) is 3.63. The third-order valence-corrected chi connectivity index (χ3v) is 5.47. The molecule has 154 valence electrons. The number of allylic oxidation sites excluding steroid dienone is 1. The van der Waals surface area contributed by atoms with E-state index < -0.39 is 11.4 Å². The Morgan fingerprint density at radius 2 is 2.07 bits per heavy atom. The number of halogens is 1. The molecule has 0 aliphatic carbocycles. The second kappa shape index (κ2) is 8.38. The number of aryl methyl sites for hydroxylation is 2. The van der Waals surface area contributed by atoms with Crippen molar-refractivity contribution in [1.82, 2.24) is 19.7 Å². The van der Waals surface area contributed by atoms with Crippen LogP contribution >= 0.6 is 22.9 Å². The summed E-state index contributed by atoms with van der Waals surface area (Å²) in [5, 5.41) is 16.9. The maximum atomic E-state index is 12.7. The molecule has 3 heterocycles. The highest BCUT2D eigenvalue weighted by Gasteiger charge is 2.30. The van der Waals surface area contributed by atoms with Gasteiger partial charge in [0, 0.05) is 18.6 Å². The summed E-state index contributed by atoms with van der Waals surface area (Å²) in [6.07, 6.45) is 1.67. The van der Waals surface area contributed by atoms with Crippen LogP contribution in [0, 0.1) is 23.7 Å². The van der Waals surface area contributed by atoms with Crippen LogP contribution in [0.1, 0.15) is 37.7 Å². The maximum absolute atomic E-state index is 12.7. The molecule has 0 aromatic carbocycles. The average Bonchev–Trinajstić information content (AvgIpc) is 3.27. The third-order valence-electron chi connectivity index (χ3n) is 4.17. The van der Waals surface area contributed by atoms with E-state index in [4.69, 9.17) is 16.3 Å². The van der Waals surface area contributed by atoms with Crippen molar-refractivity contribution in [3.8, 4) is 16.8 Å². The molecule has 0 aliphatic heterocycles. The van der Waals surface area contributed by atoms with Gasteiger partial charge in [0.05, 0.1) is 28.1 Å². The molecule has 0 fully saturated rings. The zero-order valence-corrected chi connectivity index (χ0v) is 18.8. The number of hydrogen-bond donors (Lipinski definition) is 0. The molecule has 0 spiro atoms. The standard InChI is InChI=1S/C21H20ClN5O2S/c1-12-16(18(22)27(5)26-12)17(29-20(28)21(2,3)4)13(10-23)15-11-30-19(25-15)14-8-6-7-9-24-14/h6-9,11H,1-5H3. The number of nitrogens with zero attached hydrogens (tertiary/aromatic N) is 5. The number of thiazole rings is 1. The number of hydrogen-bond acceptors (Lipinski definition) is 7. The predicted molar refractivity (Wildman–Crippen MR) is 116 cm³/mol. The molecule has 0 radical (unpaired) electrons. The van der Waals surface area contributed by atoms with Gasteiger partial charge in [-0.1, -0.05) is 17.7 Å². The Bertz CT molecular complexity index is 1170. The van der Waals surface area contributed by atoms with E-state index >= 15 is 0 Å². The van der Waals surface area contributed by atoms with E-state index in [2.05, 4.69) is 21.1 Å². The summed E-state index contributed by atoms with van der Waals surface area (Å²) in [4.78, 5) is 21.5. The van der Waals surface area contributed by atoms with Crippen molar-refractivity contribution >= 4 is 40.2 Å². The van der Waals surface area contributed by atoms with Gasteiger partial charge in [-0.25, -0.2) is 4.98 Å². The van der Waals surface area contributed by atoms with Gasteiger partial charge >= 0.3 is 5.97 Å². The molecule has 3 rings (SSSR count). The van der Waals surface area contributed by atoms with Crippen LogP contribution in [0.3, 0.4) is 0 Å². The SMILES string of the molecule is Cc1nn(C)c(Cl)c1C(OC(=O)C(C)(C)C)=C(C#N)c1csc(-c2ccccn2)n1. The second-order valence-corrected chi connectivity index (χ2v) is 8.80. The predicted octanol–water partition coefficient (Wildman–Crippen LogP) is 4.88. The Morgan fingerprint density at radius 1 is 1.33 bits per heavy atom. The van der Waals surface area contributed by atoms with Crippen LogP contribution in [-0.2, 0) is 16.6 Å². The van der Waals surface area contributed by atoms with Gasteiger partial charge in [0.25, 0.3) is 0 Å². The Hall–Kier alpha value is -3.02. The van der Waals surface area contributed by atoms with Gasteiger partial charge in [-0.3, -0.25) is 14.5 Å². The molecule has 0 bridgehead atoms. The first-order valence-corrected chi connectivity index (χ1v) is 10.3. The van der Waals surface area contributed by atoms with Gasteiger partial charge in [-0.05, 0) is 39.8 Å². The summed E-state index contributed by atoms with van der Waals surface area (Å²) in [6, 6.07) is 7.64. The lowest BCUT2D eigenvalue weighted by molar-refractivity contribution is -0.145. The molecule has 0 atom stereocenters. The van der Waals surface area contributed by atoms with Crippen molar-refractivity contribution in [2.24, 2.45) is 12.5 Å². The zero-order valence-electron chi connectivity index (χ0n) is 17.2. The minimum atomic E-state index is -0.782. The molecule has 7 nitrogen and oxygen atoms in total. The normalized spacial score (nSPS) is 12.3. The molecule has 0 unspecified atom stereocenters. The molecule has 0 saturated carbocycles. The van der Waals surface area contributed by atoms with E-state index in [1.165, 1.54) is 16.0 Å². The molecule has 0 N–H and O–H groups in total. The van der Waals surface area contributed by atoms with E-state index in [0.29, 0.717) is 27.7 Å². The molecule has 9 heteroatoms. The van der Waals surface area contributed by atoms with Gasteiger partial charge in [0.1, 0.15) is 21.8 Å². The number of carbonyl (C=O) groups is 1. The Labute approximate surface area is 183 Å². The summed E-state index contributed by atoms with van der Waals surface area (Å²) in [5.41, 5.74) is 1.31. The summed E-state index contributed by atoms with van der Waals surface area (Å²) in [6.45, 7) is 6.94. The highest BCUT2D eigenvalue weighted by atomic mass is 35.5. The zero-order chi connectivity index (χ0) is 22.1. The first-order chi connectivity index (χ1) is 14.1. The first-order valence-electron chi connectivity index (χ1n) is 9.07.